The summed E-state index contributed by atoms with van der Waals surface area (Å²) in [5, 5.41) is 4.08. The normalized spacial score (nSPS) is 9.67. The zero-order valence-corrected chi connectivity index (χ0v) is 8.05. The van der Waals surface area contributed by atoms with E-state index in [0.717, 1.165) is 11.0 Å². The molecule has 0 bridgehead atoms. The number of fused-ring (bicyclic) bond motifs is 1. The molecule has 0 unspecified atom stereocenters. The summed E-state index contributed by atoms with van der Waals surface area (Å²) >= 11 is 0. The lowest BCUT2D eigenvalue weighted by Crippen LogP contribution is -1.86. The predicted molar refractivity (Wildman–Crippen MR) is 51.1 cm³/mol. The van der Waals surface area contributed by atoms with Gasteiger partial charge < -0.3 is 4.98 Å². The quantitative estimate of drug-likeness (QED) is 0.638. The molecule has 0 atom stereocenters. The van der Waals surface area contributed by atoms with Gasteiger partial charge >= 0.3 is 0 Å². The van der Waals surface area contributed by atoms with Crippen LogP contribution in [0.15, 0.2) is 12.3 Å². The second kappa shape index (κ2) is 3.43. The van der Waals surface area contributed by atoms with E-state index in [-0.39, 0.29) is 0 Å². The average Bonchev–Trinajstić information content (AvgIpc) is 2.58. The summed E-state index contributed by atoms with van der Waals surface area (Å²) in [6, 6.07) is 2.09. The van der Waals surface area contributed by atoms with Gasteiger partial charge in [-0.3, -0.25) is 4.68 Å². The minimum atomic E-state index is 1.11. The van der Waals surface area contributed by atoms with Gasteiger partial charge in [0.25, 0.3) is 0 Å². The Balaban J connectivity index is 0.000000336. The Morgan fingerprint density at radius 1 is 1.42 bits per heavy atom. The van der Waals surface area contributed by atoms with Crippen molar-refractivity contribution >= 4 is 11.0 Å². The van der Waals surface area contributed by atoms with Crippen molar-refractivity contribution in [3.05, 3.63) is 18.0 Å². The van der Waals surface area contributed by atoms with Gasteiger partial charge in [-0.1, -0.05) is 13.8 Å². The molecule has 0 aliphatic carbocycles. The van der Waals surface area contributed by atoms with Gasteiger partial charge in [-0.05, 0) is 13.0 Å². The first kappa shape index (κ1) is 8.84. The van der Waals surface area contributed by atoms with E-state index in [9.17, 15) is 0 Å². The minimum Gasteiger partial charge on any atom is -0.356 e. The lowest BCUT2D eigenvalue weighted by atomic mass is 10.4. The van der Waals surface area contributed by atoms with Gasteiger partial charge in [-0.25, -0.2) is 0 Å². The van der Waals surface area contributed by atoms with Crippen molar-refractivity contribution < 1.29 is 0 Å². The monoisotopic (exact) mass is 165 g/mol. The van der Waals surface area contributed by atoms with Crippen LogP contribution in [-0.2, 0) is 7.05 Å². The van der Waals surface area contributed by atoms with E-state index in [2.05, 4.69) is 16.1 Å². The van der Waals surface area contributed by atoms with Crippen molar-refractivity contribution in [2.24, 2.45) is 7.05 Å². The Kier molecular flexibility index (Phi) is 2.53. The van der Waals surface area contributed by atoms with Crippen LogP contribution < -0.4 is 0 Å². The molecular weight excluding hydrogens is 150 g/mol. The average molecular weight is 165 g/mol. The van der Waals surface area contributed by atoms with Crippen LogP contribution in [0, 0.1) is 6.92 Å². The summed E-state index contributed by atoms with van der Waals surface area (Å²) in [6.45, 7) is 6.04. The summed E-state index contributed by atoms with van der Waals surface area (Å²) in [5.74, 6) is 0. The maximum atomic E-state index is 4.08. The van der Waals surface area contributed by atoms with Crippen LogP contribution in [0.5, 0.6) is 0 Å². The highest BCUT2D eigenvalue weighted by molar-refractivity contribution is 5.75. The Morgan fingerprint density at radius 3 is 2.67 bits per heavy atom. The van der Waals surface area contributed by atoms with E-state index < -0.39 is 0 Å². The second-order valence-corrected chi connectivity index (χ2v) is 2.52. The van der Waals surface area contributed by atoms with E-state index in [1.807, 2.05) is 38.7 Å². The zero-order chi connectivity index (χ0) is 9.14. The molecule has 0 saturated heterocycles. The fourth-order valence-corrected chi connectivity index (χ4v) is 1.17. The van der Waals surface area contributed by atoms with Crippen molar-refractivity contribution in [1.29, 1.82) is 0 Å². The molecule has 0 spiro atoms. The number of aryl methyl sites for hydroxylation is 2. The maximum Gasteiger partial charge on any atom is 0.0859 e. The highest BCUT2D eigenvalue weighted by Gasteiger charge is 1.99. The standard InChI is InChI=1S/C7H9N3.C2H6/c1-5-3-7-6(9-5)4-8-10(7)2;1-2/h3-4,9H,1-2H3;1-2H3. The second-order valence-electron chi connectivity index (χ2n) is 2.52. The smallest absolute Gasteiger partial charge is 0.0859 e. The molecule has 0 aliphatic heterocycles. The number of H-pyrrole nitrogens is 1. The first-order chi connectivity index (χ1) is 5.77. The van der Waals surface area contributed by atoms with Crippen molar-refractivity contribution in [2.45, 2.75) is 20.8 Å². The number of aromatic amines is 1. The topological polar surface area (TPSA) is 33.6 Å². The first-order valence-electron chi connectivity index (χ1n) is 4.25. The molecule has 0 amide bonds. The van der Waals surface area contributed by atoms with E-state index in [1.165, 1.54) is 5.69 Å². The maximum absolute atomic E-state index is 4.08. The lowest BCUT2D eigenvalue weighted by Gasteiger charge is -1.84. The van der Waals surface area contributed by atoms with Crippen molar-refractivity contribution in [2.75, 3.05) is 0 Å². The molecule has 2 aromatic rings. The van der Waals surface area contributed by atoms with Gasteiger partial charge in [-0.2, -0.15) is 5.10 Å². The lowest BCUT2D eigenvalue weighted by molar-refractivity contribution is 0.796. The van der Waals surface area contributed by atoms with Crippen LogP contribution in [0.3, 0.4) is 0 Å². The van der Waals surface area contributed by atoms with Crippen molar-refractivity contribution in [3.8, 4) is 0 Å². The van der Waals surface area contributed by atoms with E-state index in [0.29, 0.717) is 0 Å². The van der Waals surface area contributed by atoms with E-state index in [1.54, 1.807) is 0 Å². The summed E-state index contributed by atoms with van der Waals surface area (Å²) in [4.78, 5) is 3.20. The SMILES string of the molecule is CC.Cc1cc2c(cnn2C)[nH]1. The summed E-state index contributed by atoms with van der Waals surface area (Å²) in [6.07, 6.45) is 1.84. The predicted octanol–water partition coefficient (Wildman–Crippen LogP) is 2.24. The van der Waals surface area contributed by atoms with Crippen LogP contribution in [0.2, 0.25) is 0 Å². The highest BCUT2D eigenvalue weighted by Crippen LogP contribution is 2.11. The zero-order valence-electron chi connectivity index (χ0n) is 8.05. The van der Waals surface area contributed by atoms with Gasteiger partial charge in [0.1, 0.15) is 0 Å². The largest absolute Gasteiger partial charge is 0.356 e. The third-order valence-corrected chi connectivity index (χ3v) is 1.67. The number of hydrogen-bond donors (Lipinski definition) is 1. The Morgan fingerprint density at radius 2 is 2.08 bits per heavy atom. The van der Waals surface area contributed by atoms with Crippen LogP contribution in [0.25, 0.3) is 11.0 Å². The minimum absolute atomic E-state index is 1.11. The molecule has 0 aliphatic rings. The Bertz CT molecular complexity index is 357. The number of rotatable bonds is 0. The highest BCUT2D eigenvalue weighted by atomic mass is 15.3. The van der Waals surface area contributed by atoms with Gasteiger partial charge in [0.15, 0.2) is 0 Å². The molecule has 0 radical (unpaired) electrons. The molecule has 66 valence electrons. The van der Waals surface area contributed by atoms with Crippen LogP contribution in [-0.4, -0.2) is 14.8 Å². The molecule has 2 rings (SSSR count). The van der Waals surface area contributed by atoms with Gasteiger partial charge in [0.05, 0.1) is 17.2 Å². The molecule has 3 heteroatoms. The summed E-state index contributed by atoms with van der Waals surface area (Å²) < 4.78 is 1.86. The molecule has 0 saturated carbocycles. The van der Waals surface area contributed by atoms with Crippen LogP contribution >= 0.6 is 0 Å². The Hall–Kier alpha value is -1.25. The Labute approximate surface area is 72.4 Å². The molecule has 2 heterocycles. The fourth-order valence-electron chi connectivity index (χ4n) is 1.17. The van der Waals surface area contributed by atoms with Crippen LogP contribution in [0.1, 0.15) is 19.5 Å². The van der Waals surface area contributed by atoms with Gasteiger partial charge in [0, 0.05) is 12.7 Å². The molecule has 0 fully saturated rings. The molecule has 1 N–H and O–H groups in total. The van der Waals surface area contributed by atoms with Crippen molar-refractivity contribution in [3.63, 3.8) is 0 Å². The van der Waals surface area contributed by atoms with E-state index in [4.69, 9.17) is 0 Å². The fraction of sp³-hybridized carbons (Fsp3) is 0.444. The third kappa shape index (κ3) is 1.35. The molecule has 0 aromatic carbocycles. The molecule has 12 heavy (non-hydrogen) atoms. The van der Waals surface area contributed by atoms with Gasteiger partial charge in [-0.15, -0.1) is 0 Å². The molecule has 2 aromatic heterocycles. The number of hydrogen-bond acceptors (Lipinski definition) is 1. The van der Waals surface area contributed by atoms with Crippen molar-refractivity contribution in [1.82, 2.24) is 14.8 Å². The number of aromatic nitrogens is 3. The molecular formula is C9H15N3. The summed E-state index contributed by atoms with van der Waals surface area (Å²) in [7, 11) is 1.94. The number of nitrogens with one attached hydrogen (secondary N) is 1. The summed E-state index contributed by atoms with van der Waals surface area (Å²) in [5.41, 5.74) is 3.46. The molecule has 3 nitrogen and oxygen atoms in total. The number of nitrogens with zero attached hydrogens (tertiary/aromatic N) is 2. The third-order valence-electron chi connectivity index (χ3n) is 1.67. The van der Waals surface area contributed by atoms with Crippen LogP contribution in [0.4, 0.5) is 0 Å². The van der Waals surface area contributed by atoms with Gasteiger partial charge in [0.2, 0.25) is 0 Å². The van der Waals surface area contributed by atoms with E-state index >= 15 is 0 Å². The first-order valence-corrected chi connectivity index (χ1v) is 4.25.